The number of nitrogens with zero attached hydrogens (tertiary/aromatic N) is 3. The highest BCUT2D eigenvalue weighted by Gasteiger charge is 2.42. The lowest BCUT2D eigenvalue weighted by Gasteiger charge is -2.40. The summed E-state index contributed by atoms with van der Waals surface area (Å²) in [6, 6.07) is 14.6. The maximum Gasteiger partial charge on any atom is 0.246 e. The van der Waals surface area contributed by atoms with Gasteiger partial charge in [0.05, 0.1) is 0 Å². The van der Waals surface area contributed by atoms with Crippen LogP contribution in [0.25, 0.3) is 6.08 Å². The van der Waals surface area contributed by atoms with Crippen LogP contribution >= 0.6 is 0 Å². The van der Waals surface area contributed by atoms with Gasteiger partial charge in [-0.1, -0.05) is 36.4 Å². The van der Waals surface area contributed by atoms with Gasteiger partial charge in [0.25, 0.3) is 0 Å². The van der Waals surface area contributed by atoms with E-state index in [9.17, 15) is 4.79 Å². The molecule has 0 radical (unpaired) electrons. The number of hydrogen-bond acceptors (Lipinski definition) is 3. The molecule has 4 heteroatoms. The molecule has 146 valence electrons. The highest BCUT2D eigenvalue weighted by atomic mass is 16.2. The molecule has 2 aliphatic heterocycles. The summed E-state index contributed by atoms with van der Waals surface area (Å²) < 4.78 is 0. The van der Waals surface area contributed by atoms with E-state index >= 15 is 0 Å². The number of carbonyl (C=O) groups excluding carboxylic acids is 1. The summed E-state index contributed by atoms with van der Waals surface area (Å²) in [7, 11) is 0. The van der Waals surface area contributed by atoms with Crippen LogP contribution < -0.4 is 0 Å². The topological polar surface area (TPSA) is 36.4 Å². The minimum Gasteiger partial charge on any atom is -0.339 e. The fourth-order valence-corrected chi connectivity index (χ4v) is 4.64. The van der Waals surface area contributed by atoms with Crippen LogP contribution in [-0.4, -0.2) is 53.4 Å². The molecule has 2 aromatic rings. The molecule has 0 bridgehead atoms. The summed E-state index contributed by atoms with van der Waals surface area (Å²) in [6.07, 6.45) is 11.8. The van der Waals surface area contributed by atoms with Gasteiger partial charge in [0.1, 0.15) is 0 Å². The molecule has 28 heavy (non-hydrogen) atoms. The molecule has 1 aromatic heterocycles. The van der Waals surface area contributed by atoms with Crippen molar-refractivity contribution in [2.45, 2.75) is 25.7 Å². The number of amides is 1. The Hall–Kier alpha value is -2.46. The fourth-order valence-electron chi connectivity index (χ4n) is 4.64. The smallest absolute Gasteiger partial charge is 0.246 e. The van der Waals surface area contributed by atoms with Crippen molar-refractivity contribution in [2.24, 2.45) is 5.41 Å². The molecule has 2 fully saturated rings. The normalized spacial score (nSPS) is 22.9. The van der Waals surface area contributed by atoms with Gasteiger partial charge < -0.3 is 9.80 Å². The fraction of sp³-hybridized carbons (Fsp3) is 0.417. The third-order valence-electron chi connectivity index (χ3n) is 6.15. The Morgan fingerprint density at radius 2 is 1.96 bits per heavy atom. The molecular weight excluding hydrogens is 346 g/mol. The van der Waals surface area contributed by atoms with Crippen molar-refractivity contribution in [3.05, 3.63) is 72.1 Å². The monoisotopic (exact) mass is 375 g/mol. The molecule has 4 nitrogen and oxygen atoms in total. The van der Waals surface area contributed by atoms with Gasteiger partial charge in [0.2, 0.25) is 5.91 Å². The van der Waals surface area contributed by atoms with Crippen LogP contribution in [0.15, 0.2) is 60.9 Å². The van der Waals surface area contributed by atoms with E-state index in [1.165, 1.54) is 24.9 Å². The molecule has 0 N–H and O–H groups in total. The highest BCUT2D eigenvalue weighted by Crippen LogP contribution is 2.39. The summed E-state index contributed by atoms with van der Waals surface area (Å²) in [4.78, 5) is 21.4. The second-order valence-electron chi connectivity index (χ2n) is 8.24. The number of benzene rings is 1. The molecule has 1 atom stereocenters. The number of aromatic nitrogens is 1. The van der Waals surface area contributed by atoms with Gasteiger partial charge in [-0.15, -0.1) is 0 Å². The van der Waals surface area contributed by atoms with Crippen LogP contribution in [0.2, 0.25) is 0 Å². The average molecular weight is 376 g/mol. The SMILES string of the molecule is O=C(/C=C/c1cccnc1)N1CC[C@@]2(CCCN(CCc3ccccc3)C2)C1. The number of pyridine rings is 1. The standard InChI is InChI=1S/C24H29N3O/c28-23(10-9-22-8-4-14-25-18-22)27-17-13-24(20-27)12-5-15-26(19-24)16-11-21-6-2-1-3-7-21/h1-4,6-10,14,18H,5,11-13,15-17,19-20H2/b10-9+/t24-/m1/s1. The number of rotatable bonds is 5. The van der Waals surface area contributed by atoms with Crippen LogP contribution in [0.1, 0.15) is 30.4 Å². The van der Waals surface area contributed by atoms with Crippen molar-refractivity contribution in [3.63, 3.8) is 0 Å². The Morgan fingerprint density at radius 1 is 1.07 bits per heavy atom. The Balaban J connectivity index is 1.31. The largest absolute Gasteiger partial charge is 0.339 e. The van der Waals surface area contributed by atoms with Crippen LogP contribution in [0, 0.1) is 5.41 Å². The minimum atomic E-state index is 0.127. The Morgan fingerprint density at radius 3 is 2.79 bits per heavy atom. The first kappa shape index (κ1) is 18.9. The van der Waals surface area contributed by atoms with Gasteiger partial charge in [0, 0.05) is 50.1 Å². The predicted octanol–water partition coefficient (Wildman–Crippen LogP) is 3.65. The maximum absolute atomic E-state index is 12.6. The minimum absolute atomic E-state index is 0.127. The van der Waals surface area contributed by atoms with Gasteiger partial charge in [0.15, 0.2) is 0 Å². The molecular formula is C24H29N3O. The second kappa shape index (κ2) is 8.70. The summed E-state index contributed by atoms with van der Waals surface area (Å²) in [5, 5.41) is 0. The van der Waals surface area contributed by atoms with Crippen LogP contribution in [0.4, 0.5) is 0 Å². The van der Waals surface area contributed by atoms with Gasteiger partial charge in [-0.3, -0.25) is 9.78 Å². The lowest BCUT2D eigenvalue weighted by atomic mass is 9.79. The first-order valence-corrected chi connectivity index (χ1v) is 10.4. The molecule has 0 saturated carbocycles. The first-order chi connectivity index (χ1) is 13.7. The molecule has 0 unspecified atom stereocenters. The summed E-state index contributed by atoms with van der Waals surface area (Å²) >= 11 is 0. The van der Waals surface area contributed by atoms with Crippen molar-refractivity contribution in [1.29, 1.82) is 0 Å². The molecule has 0 aliphatic carbocycles. The molecule has 1 spiro atoms. The number of hydrogen-bond donors (Lipinski definition) is 0. The van der Waals surface area contributed by atoms with Crippen molar-refractivity contribution < 1.29 is 4.79 Å². The molecule has 1 amide bonds. The van der Waals surface area contributed by atoms with Crippen molar-refractivity contribution in [3.8, 4) is 0 Å². The predicted molar refractivity (Wildman–Crippen MR) is 113 cm³/mol. The van der Waals surface area contributed by atoms with E-state index in [0.29, 0.717) is 0 Å². The molecule has 4 rings (SSSR count). The third-order valence-corrected chi connectivity index (χ3v) is 6.15. The Kier molecular flexibility index (Phi) is 5.87. The Labute approximate surface area is 167 Å². The third kappa shape index (κ3) is 4.68. The van der Waals surface area contributed by atoms with Crippen LogP contribution in [0.3, 0.4) is 0 Å². The lowest BCUT2D eigenvalue weighted by molar-refractivity contribution is -0.125. The molecule has 2 aliphatic rings. The zero-order valence-electron chi connectivity index (χ0n) is 16.5. The van der Waals surface area contributed by atoms with E-state index in [4.69, 9.17) is 0 Å². The van der Waals surface area contributed by atoms with Crippen molar-refractivity contribution in [2.75, 3.05) is 32.7 Å². The highest BCUT2D eigenvalue weighted by molar-refractivity contribution is 5.92. The van der Waals surface area contributed by atoms with E-state index in [-0.39, 0.29) is 11.3 Å². The molecule has 1 aromatic carbocycles. The second-order valence-corrected chi connectivity index (χ2v) is 8.24. The number of piperidine rings is 1. The van der Waals surface area contributed by atoms with Gasteiger partial charge >= 0.3 is 0 Å². The number of likely N-dealkylation sites (tertiary alicyclic amines) is 2. The van der Waals surface area contributed by atoms with E-state index in [1.807, 2.05) is 23.1 Å². The quantitative estimate of drug-likeness (QED) is 0.749. The van der Waals surface area contributed by atoms with E-state index < -0.39 is 0 Å². The van der Waals surface area contributed by atoms with Crippen LogP contribution in [-0.2, 0) is 11.2 Å². The Bertz CT molecular complexity index is 805. The first-order valence-electron chi connectivity index (χ1n) is 10.4. The molecule has 2 saturated heterocycles. The van der Waals surface area contributed by atoms with Crippen LogP contribution in [0.5, 0.6) is 0 Å². The average Bonchev–Trinajstić information content (AvgIpc) is 3.15. The van der Waals surface area contributed by atoms with E-state index in [1.54, 1.807) is 18.5 Å². The van der Waals surface area contributed by atoms with Gasteiger partial charge in [-0.05, 0) is 55.5 Å². The van der Waals surface area contributed by atoms with Gasteiger partial charge in [-0.2, -0.15) is 0 Å². The summed E-state index contributed by atoms with van der Waals surface area (Å²) in [6.45, 7) is 5.19. The number of carbonyl (C=O) groups is 1. The molecule has 3 heterocycles. The zero-order chi connectivity index (χ0) is 19.2. The zero-order valence-corrected chi connectivity index (χ0v) is 16.5. The maximum atomic E-state index is 12.6. The van der Waals surface area contributed by atoms with Gasteiger partial charge in [-0.25, -0.2) is 0 Å². The van der Waals surface area contributed by atoms with Crippen molar-refractivity contribution >= 4 is 12.0 Å². The summed E-state index contributed by atoms with van der Waals surface area (Å²) in [5.74, 6) is 0.127. The summed E-state index contributed by atoms with van der Waals surface area (Å²) in [5.41, 5.74) is 2.66. The lowest BCUT2D eigenvalue weighted by Crippen LogP contribution is -2.45. The van der Waals surface area contributed by atoms with E-state index in [0.717, 1.165) is 44.6 Å². The van der Waals surface area contributed by atoms with Crippen molar-refractivity contribution in [1.82, 2.24) is 14.8 Å². The van der Waals surface area contributed by atoms with E-state index in [2.05, 4.69) is 40.2 Å².